The maximum absolute atomic E-state index is 12.3. The van der Waals surface area contributed by atoms with Gasteiger partial charge in [-0.25, -0.2) is 0 Å². The van der Waals surface area contributed by atoms with Crippen molar-refractivity contribution >= 4 is 23.4 Å². The molecule has 1 saturated heterocycles. The topological polar surface area (TPSA) is 75.5 Å². The summed E-state index contributed by atoms with van der Waals surface area (Å²) in [5, 5.41) is 14.3. The van der Waals surface area contributed by atoms with Crippen LogP contribution in [0.15, 0.2) is 24.3 Å². The monoisotopic (exact) mass is 309 g/mol. The number of non-ortho nitro benzene ring substituents is 1. The molecular weight excluding hydrogens is 290 g/mol. The fraction of sp³-hybridized carbons (Fsp3) is 0.500. The zero-order chi connectivity index (χ0) is 15.6. The number of hydrogen-bond donors (Lipinski definition) is 1. The fourth-order valence-corrected chi connectivity index (χ4v) is 2.69. The number of nitrogens with zero attached hydrogens (tertiary/aromatic N) is 2. The Hall–Kier alpha value is -1.60. The first-order chi connectivity index (χ1) is 9.93. The van der Waals surface area contributed by atoms with Crippen molar-refractivity contribution in [3.8, 4) is 0 Å². The Morgan fingerprint density at radius 1 is 1.43 bits per heavy atom. The second-order valence-electron chi connectivity index (χ2n) is 5.18. The summed E-state index contributed by atoms with van der Waals surface area (Å²) in [6.45, 7) is 4.57. The van der Waals surface area contributed by atoms with Gasteiger partial charge >= 0.3 is 0 Å². The molecule has 0 bridgehead atoms. The van der Waals surface area contributed by atoms with E-state index >= 15 is 0 Å². The lowest BCUT2D eigenvalue weighted by atomic mass is 10.1. The van der Waals surface area contributed by atoms with Gasteiger partial charge in [0.25, 0.3) is 5.69 Å². The minimum absolute atomic E-state index is 0.0557. The van der Waals surface area contributed by atoms with Crippen molar-refractivity contribution < 1.29 is 9.72 Å². The molecule has 114 valence electrons. The predicted molar refractivity (Wildman–Crippen MR) is 83.1 cm³/mol. The van der Waals surface area contributed by atoms with Gasteiger partial charge in [-0.3, -0.25) is 20.2 Å². The molecule has 3 atom stereocenters. The maximum atomic E-state index is 12.3. The van der Waals surface area contributed by atoms with Gasteiger partial charge in [0.15, 0.2) is 0 Å². The van der Waals surface area contributed by atoms with E-state index in [0.29, 0.717) is 11.8 Å². The summed E-state index contributed by atoms with van der Waals surface area (Å²) in [7, 11) is 0. The number of thioether (sulfide) groups is 1. The number of rotatable bonds is 5. The van der Waals surface area contributed by atoms with E-state index in [2.05, 4.69) is 12.2 Å². The van der Waals surface area contributed by atoms with Crippen molar-refractivity contribution in [2.75, 3.05) is 12.8 Å². The number of amides is 1. The number of benzene rings is 1. The number of nitrogens with one attached hydrogen (secondary N) is 1. The number of carbonyl (C=O) groups excluding carboxylic acids is 1. The van der Waals surface area contributed by atoms with E-state index in [9.17, 15) is 14.9 Å². The fourth-order valence-electron chi connectivity index (χ4n) is 2.38. The summed E-state index contributed by atoms with van der Waals surface area (Å²) in [6, 6.07) is 6.12. The van der Waals surface area contributed by atoms with Crippen LogP contribution in [-0.4, -0.2) is 39.8 Å². The largest absolute Gasteiger partial charge is 0.320 e. The lowest BCUT2D eigenvalue weighted by Crippen LogP contribution is -2.35. The second-order valence-corrected chi connectivity index (χ2v) is 6.45. The van der Waals surface area contributed by atoms with Crippen LogP contribution in [-0.2, 0) is 4.79 Å². The molecule has 7 heteroatoms. The van der Waals surface area contributed by atoms with Crippen LogP contribution in [0.4, 0.5) is 5.69 Å². The van der Waals surface area contributed by atoms with Crippen molar-refractivity contribution in [3.63, 3.8) is 0 Å². The summed E-state index contributed by atoms with van der Waals surface area (Å²) in [5.74, 6) is 0.0688. The average molecular weight is 309 g/mol. The number of nitro groups is 1. The van der Waals surface area contributed by atoms with Gasteiger partial charge in [0.1, 0.15) is 6.17 Å². The van der Waals surface area contributed by atoms with E-state index in [-0.39, 0.29) is 23.8 Å². The normalized spacial score (nSPS) is 23.4. The van der Waals surface area contributed by atoms with Gasteiger partial charge in [0.05, 0.1) is 11.0 Å². The molecule has 0 spiro atoms. The van der Waals surface area contributed by atoms with Crippen molar-refractivity contribution in [2.45, 2.75) is 31.3 Å². The quantitative estimate of drug-likeness (QED) is 0.666. The van der Waals surface area contributed by atoms with Gasteiger partial charge in [-0.05, 0) is 30.9 Å². The molecule has 21 heavy (non-hydrogen) atoms. The van der Waals surface area contributed by atoms with E-state index in [1.807, 2.05) is 18.1 Å². The van der Waals surface area contributed by atoms with Crippen LogP contribution in [0.5, 0.6) is 0 Å². The molecule has 2 rings (SSSR count). The third-order valence-electron chi connectivity index (χ3n) is 3.65. The van der Waals surface area contributed by atoms with E-state index in [1.54, 1.807) is 23.9 Å². The molecule has 6 nitrogen and oxygen atoms in total. The Bertz CT molecular complexity index is 535. The highest BCUT2D eigenvalue weighted by Crippen LogP contribution is 2.28. The van der Waals surface area contributed by atoms with Crippen molar-refractivity contribution in [2.24, 2.45) is 0 Å². The van der Waals surface area contributed by atoms with E-state index in [4.69, 9.17) is 0 Å². The molecule has 0 aromatic heterocycles. The van der Waals surface area contributed by atoms with Gasteiger partial charge in [-0.15, -0.1) is 0 Å². The molecule has 1 aliphatic heterocycles. The zero-order valence-corrected chi connectivity index (χ0v) is 13.1. The Balaban J connectivity index is 2.23. The third kappa shape index (κ3) is 3.36. The minimum Gasteiger partial charge on any atom is -0.320 e. The molecule has 0 aliphatic carbocycles. The summed E-state index contributed by atoms with van der Waals surface area (Å²) >= 11 is 1.71. The predicted octanol–water partition coefficient (Wildman–Crippen LogP) is 2.17. The first-order valence-corrected chi connectivity index (χ1v) is 8.06. The number of hydrogen-bond acceptors (Lipinski definition) is 5. The summed E-state index contributed by atoms with van der Waals surface area (Å²) in [5.41, 5.74) is 0.923. The molecule has 0 saturated carbocycles. The van der Waals surface area contributed by atoms with Crippen LogP contribution in [0.2, 0.25) is 0 Å². The standard InChI is InChI=1S/C14H19N3O3S/c1-9(21-3)8-16-13(15-10(2)14(16)18)11-4-6-12(7-5-11)17(19)20/h4-7,9-10,13,15H,8H2,1-3H3. The van der Waals surface area contributed by atoms with Gasteiger partial charge in [0.2, 0.25) is 5.91 Å². The SMILES string of the molecule is CSC(C)CN1C(=O)C(C)NC1c1ccc([N+](=O)[O-])cc1. The van der Waals surface area contributed by atoms with E-state index in [1.165, 1.54) is 12.1 Å². The zero-order valence-electron chi connectivity index (χ0n) is 12.3. The third-order valence-corrected chi connectivity index (χ3v) is 4.60. The highest BCUT2D eigenvalue weighted by Gasteiger charge is 2.37. The van der Waals surface area contributed by atoms with Crippen LogP contribution in [0.25, 0.3) is 0 Å². The van der Waals surface area contributed by atoms with Crippen molar-refractivity contribution in [1.29, 1.82) is 0 Å². The molecular formula is C14H19N3O3S. The first kappa shape index (κ1) is 15.8. The second kappa shape index (κ2) is 6.44. The van der Waals surface area contributed by atoms with Crippen molar-refractivity contribution in [3.05, 3.63) is 39.9 Å². The molecule has 1 N–H and O–H groups in total. The average Bonchev–Trinajstić information content (AvgIpc) is 2.75. The highest BCUT2D eigenvalue weighted by atomic mass is 32.2. The summed E-state index contributed by atoms with van der Waals surface area (Å²) in [4.78, 5) is 24.4. The summed E-state index contributed by atoms with van der Waals surface area (Å²) in [6.07, 6.45) is 1.80. The minimum atomic E-state index is -0.423. The maximum Gasteiger partial charge on any atom is 0.269 e. The smallest absolute Gasteiger partial charge is 0.269 e. The molecule has 1 aromatic rings. The van der Waals surface area contributed by atoms with Gasteiger partial charge < -0.3 is 4.90 Å². The number of carbonyl (C=O) groups is 1. The lowest BCUT2D eigenvalue weighted by molar-refractivity contribution is -0.384. The molecule has 1 fully saturated rings. The molecule has 1 aliphatic rings. The Morgan fingerprint density at radius 3 is 2.57 bits per heavy atom. The Morgan fingerprint density at radius 2 is 2.05 bits per heavy atom. The van der Waals surface area contributed by atoms with Crippen molar-refractivity contribution in [1.82, 2.24) is 10.2 Å². The van der Waals surface area contributed by atoms with Crippen LogP contribution in [0.3, 0.4) is 0 Å². The lowest BCUT2D eigenvalue weighted by Gasteiger charge is -2.26. The molecule has 0 radical (unpaired) electrons. The molecule has 1 aromatic carbocycles. The molecule has 1 amide bonds. The van der Waals surface area contributed by atoms with Crippen LogP contribution in [0, 0.1) is 10.1 Å². The van der Waals surface area contributed by atoms with Gasteiger partial charge in [-0.1, -0.05) is 6.92 Å². The molecule has 3 unspecified atom stereocenters. The molecule has 1 heterocycles. The van der Waals surface area contributed by atoms with Crippen LogP contribution in [0.1, 0.15) is 25.6 Å². The van der Waals surface area contributed by atoms with Crippen LogP contribution < -0.4 is 5.32 Å². The van der Waals surface area contributed by atoms with E-state index in [0.717, 1.165) is 5.56 Å². The van der Waals surface area contributed by atoms with Gasteiger partial charge in [-0.2, -0.15) is 11.8 Å². The Labute approximate surface area is 128 Å². The van der Waals surface area contributed by atoms with E-state index < -0.39 is 4.92 Å². The van der Waals surface area contributed by atoms with Crippen LogP contribution >= 0.6 is 11.8 Å². The first-order valence-electron chi connectivity index (χ1n) is 6.77. The number of nitro benzene ring substituents is 1. The summed E-state index contributed by atoms with van der Waals surface area (Å²) < 4.78 is 0. The van der Waals surface area contributed by atoms with Gasteiger partial charge in [0, 0.05) is 23.9 Å². The Kier molecular flexibility index (Phi) is 4.84. The highest BCUT2D eigenvalue weighted by molar-refractivity contribution is 7.99.